The van der Waals surface area contributed by atoms with Gasteiger partial charge in [-0.15, -0.1) is 11.8 Å². The number of β-lactam (4-membered cyclic amide) rings is 1. The standard InChI is InChI=1S/C22H27NO8S2/c1-13(24)30-11-15-16(12-32-14-9-7-6-8-10-14)33(27,28)20-18(29-5)19(25)23(20)17(15)21(26)31-22(2,3)4/h6-10,16,18,20H,11-12H2,1-5H3/t16?,18-,20?/m0/s1. The van der Waals surface area contributed by atoms with Gasteiger partial charge < -0.3 is 14.2 Å². The Morgan fingerprint density at radius 3 is 2.33 bits per heavy atom. The van der Waals surface area contributed by atoms with Gasteiger partial charge in [0.15, 0.2) is 21.3 Å². The minimum absolute atomic E-state index is 0.0158. The number of benzene rings is 1. The van der Waals surface area contributed by atoms with Crippen LogP contribution in [0.4, 0.5) is 0 Å². The number of carbonyl (C=O) groups excluding carboxylic acids is 3. The van der Waals surface area contributed by atoms with E-state index in [4.69, 9.17) is 14.2 Å². The van der Waals surface area contributed by atoms with Gasteiger partial charge in [-0.05, 0) is 32.9 Å². The van der Waals surface area contributed by atoms with E-state index < -0.39 is 56.6 Å². The van der Waals surface area contributed by atoms with Crippen molar-refractivity contribution in [3.8, 4) is 0 Å². The van der Waals surface area contributed by atoms with E-state index in [1.54, 1.807) is 20.8 Å². The Labute approximate surface area is 197 Å². The Morgan fingerprint density at radius 1 is 1.15 bits per heavy atom. The molecule has 0 spiro atoms. The van der Waals surface area contributed by atoms with Gasteiger partial charge in [0.1, 0.15) is 17.9 Å². The lowest BCUT2D eigenvalue weighted by Gasteiger charge is -2.50. The monoisotopic (exact) mass is 497 g/mol. The van der Waals surface area contributed by atoms with Gasteiger partial charge in [0, 0.05) is 30.3 Å². The summed E-state index contributed by atoms with van der Waals surface area (Å²) in [6.07, 6.45) is -1.23. The zero-order chi connectivity index (χ0) is 24.6. The average molecular weight is 498 g/mol. The fraction of sp³-hybridized carbons (Fsp3) is 0.500. The minimum Gasteiger partial charge on any atom is -0.461 e. The fourth-order valence-corrected chi connectivity index (χ4v) is 7.51. The smallest absolute Gasteiger partial charge is 0.355 e. The summed E-state index contributed by atoms with van der Waals surface area (Å²) in [5.74, 6) is -2.13. The summed E-state index contributed by atoms with van der Waals surface area (Å²) < 4.78 is 43.0. The number of amides is 1. The van der Waals surface area contributed by atoms with Crippen LogP contribution in [0.25, 0.3) is 0 Å². The van der Waals surface area contributed by atoms with Crippen LogP contribution in [-0.4, -0.2) is 73.0 Å². The summed E-state index contributed by atoms with van der Waals surface area (Å²) in [5, 5.41) is -2.56. The predicted molar refractivity (Wildman–Crippen MR) is 121 cm³/mol. The maximum Gasteiger partial charge on any atom is 0.355 e. The third-order valence-electron chi connectivity index (χ3n) is 5.08. The molecule has 0 saturated carbocycles. The van der Waals surface area contributed by atoms with Gasteiger partial charge in [0.25, 0.3) is 5.91 Å². The molecule has 33 heavy (non-hydrogen) atoms. The summed E-state index contributed by atoms with van der Waals surface area (Å²) in [5.41, 5.74) is -1.09. The number of nitrogens with zero attached hydrogens (tertiary/aromatic N) is 1. The first-order chi connectivity index (χ1) is 15.4. The van der Waals surface area contributed by atoms with Crippen LogP contribution in [0.5, 0.6) is 0 Å². The molecule has 11 heteroatoms. The Morgan fingerprint density at radius 2 is 1.79 bits per heavy atom. The van der Waals surface area contributed by atoms with Crippen molar-refractivity contribution >= 4 is 39.4 Å². The maximum absolute atomic E-state index is 13.6. The molecule has 0 radical (unpaired) electrons. The molecule has 0 N–H and O–H groups in total. The highest BCUT2D eigenvalue weighted by Gasteiger charge is 2.63. The molecule has 2 aliphatic rings. The van der Waals surface area contributed by atoms with Crippen LogP contribution in [0, 0.1) is 0 Å². The molecule has 2 heterocycles. The van der Waals surface area contributed by atoms with Gasteiger partial charge in [-0.2, -0.15) is 0 Å². The highest BCUT2D eigenvalue weighted by molar-refractivity contribution is 8.01. The quantitative estimate of drug-likeness (QED) is 0.316. The number of rotatable bonds is 7. The van der Waals surface area contributed by atoms with E-state index in [1.165, 1.54) is 25.8 Å². The first-order valence-electron chi connectivity index (χ1n) is 10.2. The lowest BCUT2D eigenvalue weighted by molar-refractivity contribution is -0.167. The second-order valence-electron chi connectivity index (χ2n) is 8.61. The number of carbonyl (C=O) groups is 3. The SMILES string of the molecule is CO[C@H]1C(=O)N2C(C(=O)OC(C)(C)C)=C(COC(C)=O)C(CSc3ccccc3)S(=O)(=O)C12. The Kier molecular flexibility index (Phi) is 7.25. The molecule has 3 atom stereocenters. The number of sulfone groups is 1. The summed E-state index contributed by atoms with van der Waals surface area (Å²) in [6, 6.07) is 9.16. The number of esters is 2. The normalized spacial score (nSPS) is 24.1. The van der Waals surface area contributed by atoms with Crippen LogP contribution in [0.2, 0.25) is 0 Å². The molecule has 1 saturated heterocycles. The van der Waals surface area contributed by atoms with Crippen molar-refractivity contribution in [2.45, 2.75) is 54.9 Å². The first-order valence-corrected chi connectivity index (χ1v) is 12.8. The van der Waals surface area contributed by atoms with Crippen molar-refractivity contribution in [3.63, 3.8) is 0 Å². The van der Waals surface area contributed by atoms with E-state index in [-0.39, 0.29) is 17.0 Å². The highest BCUT2D eigenvalue weighted by Crippen LogP contribution is 2.43. The molecule has 2 aliphatic heterocycles. The lowest BCUT2D eigenvalue weighted by Crippen LogP contribution is -2.72. The maximum atomic E-state index is 13.6. The second kappa shape index (κ2) is 9.47. The molecule has 3 rings (SSSR count). The van der Waals surface area contributed by atoms with Crippen LogP contribution in [-0.2, 0) is 38.4 Å². The van der Waals surface area contributed by atoms with Gasteiger partial charge in [0.2, 0.25) is 0 Å². The van der Waals surface area contributed by atoms with E-state index in [0.29, 0.717) is 0 Å². The Balaban J connectivity index is 2.12. The van der Waals surface area contributed by atoms with Crippen molar-refractivity contribution in [1.29, 1.82) is 0 Å². The molecule has 2 unspecified atom stereocenters. The third-order valence-corrected chi connectivity index (χ3v) is 8.77. The van der Waals surface area contributed by atoms with Gasteiger partial charge in [-0.1, -0.05) is 18.2 Å². The van der Waals surface area contributed by atoms with Crippen molar-refractivity contribution in [3.05, 3.63) is 41.6 Å². The van der Waals surface area contributed by atoms with E-state index >= 15 is 0 Å². The molecule has 0 aliphatic carbocycles. The van der Waals surface area contributed by atoms with Crippen LogP contribution in [0.1, 0.15) is 27.7 Å². The van der Waals surface area contributed by atoms with Crippen molar-refractivity contribution in [2.75, 3.05) is 19.5 Å². The van der Waals surface area contributed by atoms with E-state index in [1.807, 2.05) is 30.3 Å². The number of ether oxygens (including phenoxy) is 3. The molecule has 0 bridgehead atoms. The molecule has 1 amide bonds. The highest BCUT2D eigenvalue weighted by atomic mass is 32.2. The molecule has 0 aromatic heterocycles. The molecule has 1 aromatic rings. The first kappa shape index (κ1) is 25.3. The largest absolute Gasteiger partial charge is 0.461 e. The van der Waals surface area contributed by atoms with Crippen LogP contribution < -0.4 is 0 Å². The summed E-state index contributed by atoms with van der Waals surface area (Å²) in [7, 11) is -2.79. The molecule has 9 nitrogen and oxygen atoms in total. The van der Waals surface area contributed by atoms with E-state index in [9.17, 15) is 22.8 Å². The number of hydrogen-bond donors (Lipinski definition) is 0. The zero-order valence-electron chi connectivity index (χ0n) is 19.1. The number of hydrogen-bond acceptors (Lipinski definition) is 9. The number of fused-ring (bicyclic) bond motifs is 1. The lowest BCUT2D eigenvalue weighted by atomic mass is 10.0. The van der Waals surface area contributed by atoms with Crippen LogP contribution in [0.15, 0.2) is 46.5 Å². The predicted octanol–water partition coefficient (Wildman–Crippen LogP) is 1.92. The van der Waals surface area contributed by atoms with Gasteiger partial charge in [-0.3, -0.25) is 14.5 Å². The number of methoxy groups -OCH3 is 1. The zero-order valence-corrected chi connectivity index (χ0v) is 20.7. The molecular formula is C22H27NO8S2. The second-order valence-corrected chi connectivity index (χ2v) is 11.9. The summed E-state index contributed by atoms with van der Waals surface area (Å²) >= 11 is 1.28. The number of thioether (sulfide) groups is 1. The van der Waals surface area contributed by atoms with Gasteiger partial charge in [-0.25, -0.2) is 13.2 Å². The Bertz CT molecular complexity index is 1080. The third kappa shape index (κ3) is 5.10. The molecule has 180 valence electrons. The molecule has 1 aromatic carbocycles. The topological polar surface area (TPSA) is 116 Å². The van der Waals surface area contributed by atoms with E-state index in [0.717, 1.165) is 9.80 Å². The van der Waals surface area contributed by atoms with Gasteiger partial charge in [0.05, 0.1) is 5.25 Å². The molecule has 1 fully saturated rings. The Hall–Kier alpha value is -2.37. The van der Waals surface area contributed by atoms with Gasteiger partial charge >= 0.3 is 11.9 Å². The molecular weight excluding hydrogens is 470 g/mol. The average Bonchev–Trinajstić information content (AvgIpc) is 2.71. The minimum atomic E-state index is -4.03. The summed E-state index contributed by atoms with van der Waals surface area (Å²) in [6.45, 7) is 5.70. The van der Waals surface area contributed by atoms with E-state index in [2.05, 4.69) is 0 Å². The van der Waals surface area contributed by atoms with Crippen LogP contribution >= 0.6 is 11.8 Å². The summed E-state index contributed by atoms with van der Waals surface area (Å²) in [4.78, 5) is 39.2. The van der Waals surface area contributed by atoms with Crippen molar-refractivity contribution in [1.82, 2.24) is 4.90 Å². The van der Waals surface area contributed by atoms with Crippen molar-refractivity contribution in [2.24, 2.45) is 0 Å². The van der Waals surface area contributed by atoms with Crippen molar-refractivity contribution < 1.29 is 37.0 Å². The fourth-order valence-electron chi connectivity index (χ4n) is 3.67. The van der Waals surface area contributed by atoms with Crippen LogP contribution in [0.3, 0.4) is 0 Å².